The molecule has 0 radical (unpaired) electrons. The lowest BCUT2D eigenvalue weighted by Crippen LogP contribution is -2.06. The van der Waals surface area contributed by atoms with Crippen LogP contribution < -0.4 is 14.8 Å². The van der Waals surface area contributed by atoms with Crippen molar-refractivity contribution in [3.63, 3.8) is 0 Å². The molecular weight excluding hydrogens is 316 g/mol. The van der Waals surface area contributed by atoms with Gasteiger partial charge in [-0.1, -0.05) is 12.1 Å². The summed E-state index contributed by atoms with van der Waals surface area (Å²) in [7, 11) is 1.36. The summed E-state index contributed by atoms with van der Waals surface area (Å²) in [6.07, 6.45) is 0. The molecule has 0 spiro atoms. The molecule has 24 heavy (non-hydrogen) atoms. The van der Waals surface area contributed by atoms with Crippen LogP contribution in [0.2, 0.25) is 0 Å². The van der Waals surface area contributed by atoms with Gasteiger partial charge in [0.1, 0.15) is 12.1 Å². The van der Waals surface area contributed by atoms with E-state index in [0.717, 1.165) is 0 Å². The van der Waals surface area contributed by atoms with Crippen LogP contribution in [0.3, 0.4) is 0 Å². The van der Waals surface area contributed by atoms with E-state index in [1.54, 1.807) is 24.3 Å². The van der Waals surface area contributed by atoms with E-state index in [9.17, 15) is 8.78 Å². The first-order chi connectivity index (χ1) is 11.6. The highest BCUT2D eigenvalue weighted by atomic mass is 19.3. The molecule has 7 heteroatoms. The number of hydrogen-bond donors (Lipinski definition) is 1. The van der Waals surface area contributed by atoms with Crippen LogP contribution in [0.1, 0.15) is 16.7 Å². The molecule has 0 saturated heterocycles. The lowest BCUT2D eigenvalue weighted by molar-refractivity contribution is -0.0512. The van der Waals surface area contributed by atoms with Gasteiger partial charge in [-0.3, -0.25) is 0 Å². The molecule has 0 unspecified atom stereocenters. The molecule has 0 aliphatic heterocycles. The van der Waals surface area contributed by atoms with Gasteiger partial charge in [0.2, 0.25) is 0 Å². The zero-order valence-corrected chi connectivity index (χ0v) is 12.7. The molecule has 0 aromatic heterocycles. The summed E-state index contributed by atoms with van der Waals surface area (Å²) in [5.41, 5.74) is 1.68. The van der Waals surface area contributed by atoms with E-state index >= 15 is 0 Å². The summed E-state index contributed by atoms with van der Waals surface area (Å²) in [5, 5.41) is 21.2. The lowest BCUT2D eigenvalue weighted by atomic mass is 10.1. The fourth-order valence-electron chi connectivity index (χ4n) is 2.14. The van der Waals surface area contributed by atoms with Gasteiger partial charge in [0.05, 0.1) is 23.9 Å². The summed E-state index contributed by atoms with van der Waals surface area (Å²) in [4.78, 5) is 0. The Balaban J connectivity index is 2.25. The number of benzene rings is 2. The van der Waals surface area contributed by atoms with Crippen LogP contribution in [0, 0.1) is 22.7 Å². The molecule has 0 amide bonds. The van der Waals surface area contributed by atoms with Crippen molar-refractivity contribution in [2.45, 2.75) is 13.2 Å². The third kappa shape index (κ3) is 3.90. The predicted octanol–water partition coefficient (Wildman–Crippen LogP) is 3.65. The molecule has 0 aliphatic carbocycles. The highest BCUT2D eigenvalue weighted by Crippen LogP contribution is 2.30. The van der Waals surface area contributed by atoms with Crippen molar-refractivity contribution in [2.75, 3.05) is 12.4 Å². The van der Waals surface area contributed by atoms with E-state index in [2.05, 4.69) is 10.1 Å². The Bertz CT molecular complexity index is 778. The first-order valence-electron chi connectivity index (χ1n) is 6.88. The van der Waals surface area contributed by atoms with E-state index < -0.39 is 6.61 Å². The van der Waals surface area contributed by atoms with Crippen molar-refractivity contribution in [3.8, 4) is 23.6 Å². The minimum atomic E-state index is -2.97. The van der Waals surface area contributed by atoms with Crippen molar-refractivity contribution < 1.29 is 18.3 Å². The quantitative estimate of drug-likeness (QED) is 0.875. The van der Waals surface area contributed by atoms with Crippen LogP contribution in [0.4, 0.5) is 14.5 Å². The molecule has 0 atom stereocenters. The second-order valence-corrected chi connectivity index (χ2v) is 4.67. The average molecular weight is 329 g/mol. The van der Waals surface area contributed by atoms with Crippen molar-refractivity contribution in [1.29, 1.82) is 10.5 Å². The minimum absolute atomic E-state index is 0.0825. The van der Waals surface area contributed by atoms with E-state index in [-0.39, 0.29) is 18.0 Å². The van der Waals surface area contributed by atoms with Crippen LogP contribution >= 0.6 is 0 Å². The zero-order valence-electron chi connectivity index (χ0n) is 12.7. The lowest BCUT2D eigenvalue weighted by Gasteiger charge is -2.13. The van der Waals surface area contributed by atoms with E-state index in [4.69, 9.17) is 15.3 Å². The Hall–Kier alpha value is -3.32. The van der Waals surface area contributed by atoms with Gasteiger partial charge in [-0.05, 0) is 29.8 Å². The molecule has 0 aliphatic rings. The third-order valence-electron chi connectivity index (χ3n) is 3.22. The summed E-state index contributed by atoms with van der Waals surface area (Å²) >= 11 is 0. The highest BCUT2D eigenvalue weighted by molar-refractivity contribution is 5.66. The monoisotopic (exact) mass is 329 g/mol. The van der Waals surface area contributed by atoms with Gasteiger partial charge in [-0.15, -0.1) is 0 Å². The van der Waals surface area contributed by atoms with Crippen molar-refractivity contribution in [3.05, 3.63) is 53.1 Å². The molecule has 1 N–H and O–H groups in total. The van der Waals surface area contributed by atoms with Crippen molar-refractivity contribution in [2.24, 2.45) is 0 Å². The number of rotatable bonds is 6. The number of hydrogen-bond acceptors (Lipinski definition) is 5. The van der Waals surface area contributed by atoms with E-state index in [0.29, 0.717) is 22.4 Å². The third-order valence-corrected chi connectivity index (χ3v) is 3.22. The largest absolute Gasteiger partial charge is 0.493 e. The van der Waals surface area contributed by atoms with Gasteiger partial charge in [0.25, 0.3) is 0 Å². The Morgan fingerprint density at radius 2 is 1.75 bits per heavy atom. The topological polar surface area (TPSA) is 78.1 Å². The number of methoxy groups -OCH3 is 1. The number of anilines is 1. The number of halogens is 2. The predicted molar refractivity (Wildman–Crippen MR) is 82.8 cm³/mol. The average Bonchev–Trinajstić information content (AvgIpc) is 2.59. The normalized spacial score (nSPS) is 9.92. The fraction of sp³-hybridized carbons (Fsp3) is 0.176. The molecule has 2 aromatic rings. The van der Waals surface area contributed by atoms with Gasteiger partial charge in [-0.25, -0.2) is 0 Å². The highest BCUT2D eigenvalue weighted by Gasteiger charge is 2.12. The second-order valence-electron chi connectivity index (χ2n) is 4.67. The Labute approximate surface area is 137 Å². The minimum Gasteiger partial charge on any atom is -0.493 e. The first kappa shape index (κ1) is 17.0. The van der Waals surface area contributed by atoms with E-state index in [1.807, 2.05) is 12.1 Å². The number of alkyl halides is 2. The molecule has 0 saturated carbocycles. The Morgan fingerprint density at radius 1 is 1.08 bits per heavy atom. The van der Waals surface area contributed by atoms with Crippen molar-refractivity contribution >= 4 is 5.69 Å². The van der Waals surface area contributed by atoms with Crippen LogP contribution in [0.15, 0.2) is 36.4 Å². The zero-order chi connectivity index (χ0) is 17.5. The molecule has 0 heterocycles. The molecule has 122 valence electrons. The first-order valence-corrected chi connectivity index (χ1v) is 6.88. The number of nitrogens with zero attached hydrogens (tertiary/aromatic N) is 2. The maximum atomic E-state index is 12.5. The molecule has 5 nitrogen and oxygen atoms in total. The van der Waals surface area contributed by atoms with Crippen LogP contribution in [0.25, 0.3) is 0 Å². The van der Waals surface area contributed by atoms with Crippen LogP contribution in [-0.2, 0) is 6.54 Å². The van der Waals surface area contributed by atoms with Crippen LogP contribution in [-0.4, -0.2) is 13.7 Å². The molecule has 0 bridgehead atoms. The molecule has 2 rings (SSSR count). The summed E-state index contributed by atoms with van der Waals surface area (Å²) in [6, 6.07) is 13.4. The Morgan fingerprint density at radius 3 is 2.29 bits per heavy atom. The molecule has 0 fully saturated rings. The van der Waals surface area contributed by atoms with Gasteiger partial charge in [-0.2, -0.15) is 19.3 Å². The summed E-state index contributed by atoms with van der Waals surface area (Å²) in [5.74, 6) is 0.107. The number of para-hydroxylation sites is 1. The number of ether oxygens (including phenoxy) is 2. The number of nitriles is 2. The van der Waals surface area contributed by atoms with Gasteiger partial charge in [0, 0.05) is 6.54 Å². The summed E-state index contributed by atoms with van der Waals surface area (Å²) in [6.45, 7) is -2.75. The maximum absolute atomic E-state index is 12.5. The Kier molecular flexibility index (Phi) is 5.54. The molecule has 2 aromatic carbocycles. The smallest absolute Gasteiger partial charge is 0.387 e. The molecular formula is C17H13F2N3O2. The van der Waals surface area contributed by atoms with Gasteiger partial charge in [0.15, 0.2) is 11.5 Å². The van der Waals surface area contributed by atoms with Crippen molar-refractivity contribution in [1.82, 2.24) is 0 Å². The second kappa shape index (κ2) is 7.80. The SMILES string of the molecule is COc1ccc(CNc2c(C#N)cccc2C#N)cc1OC(F)F. The van der Waals surface area contributed by atoms with Gasteiger partial charge < -0.3 is 14.8 Å². The maximum Gasteiger partial charge on any atom is 0.387 e. The number of nitrogens with one attached hydrogen (secondary N) is 1. The standard InChI is InChI=1S/C17H13F2N3O2/c1-23-14-6-5-11(7-15(14)24-17(18)19)10-22-16-12(8-20)3-2-4-13(16)9-21/h2-7,17,22H,10H2,1H3. The van der Waals surface area contributed by atoms with E-state index in [1.165, 1.54) is 19.2 Å². The fourth-order valence-corrected chi connectivity index (χ4v) is 2.14. The summed E-state index contributed by atoms with van der Waals surface area (Å²) < 4.78 is 34.3. The van der Waals surface area contributed by atoms with Gasteiger partial charge >= 0.3 is 6.61 Å². The van der Waals surface area contributed by atoms with Crippen LogP contribution in [0.5, 0.6) is 11.5 Å².